The summed E-state index contributed by atoms with van der Waals surface area (Å²) < 4.78 is 1.13. The van der Waals surface area contributed by atoms with Crippen LogP contribution >= 0.6 is 27.3 Å². The minimum atomic E-state index is 1.09. The minimum Gasteiger partial charge on any atom is -0.292 e. The molecule has 1 heterocycles. The minimum absolute atomic E-state index is 1.09. The molecule has 1 nitrogen and oxygen atoms in total. The van der Waals surface area contributed by atoms with E-state index in [1.54, 1.807) is 11.3 Å². The summed E-state index contributed by atoms with van der Waals surface area (Å²) >= 11 is 5.09. The van der Waals surface area contributed by atoms with E-state index in [2.05, 4.69) is 32.4 Å². The number of thiophene rings is 1. The predicted octanol–water partition coefficient (Wildman–Crippen LogP) is 2.95. The van der Waals surface area contributed by atoms with Gasteiger partial charge in [0.2, 0.25) is 0 Å². The van der Waals surface area contributed by atoms with Crippen molar-refractivity contribution < 1.29 is 0 Å². The van der Waals surface area contributed by atoms with Crippen molar-refractivity contribution in [1.29, 1.82) is 0 Å². The SMILES string of the molecule is C/N=C(\C)c1cc(Br)cs1. The van der Waals surface area contributed by atoms with Gasteiger partial charge >= 0.3 is 0 Å². The maximum atomic E-state index is 4.08. The monoisotopic (exact) mass is 217 g/mol. The zero-order valence-electron chi connectivity index (χ0n) is 5.89. The molecule has 0 fully saturated rings. The fourth-order valence-corrected chi connectivity index (χ4v) is 2.04. The quantitative estimate of drug-likeness (QED) is 0.642. The Morgan fingerprint density at radius 3 is 2.80 bits per heavy atom. The highest BCUT2D eigenvalue weighted by molar-refractivity contribution is 9.10. The van der Waals surface area contributed by atoms with Crippen LogP contribution in [0.5, 0.6) is 0 Å². The van der Waals surface area contributed by atoms with E-state index < -0.39 is 0 Å². The molecule has 1 aromatic rings. The Bertz CT molecular complexity index is 252. The van der Waals surface area contributed by atoms with E-state index >= 15 is 0 Å². The molecule has 0 bridgehead atoms. The molecule has 0 aliphatic heterocycles. The molecule has 0 aromatic carbocycles. The zero-order valence-corrected chi connectivity index (χ0v) is 8.29. The summed E-state index contributed by atoms with van der Waals surface area (Å²) in [5.41, 5.74) is 1.09. The van der Waals surface area contributed by atoms with Crippen LogP contribution in [0.4, 0.5) is 0 Å². The first-order chi connectivity index (χ1) is 4.74. The largest absolute Gasteiger partial charge is 0.292 e. The van der Waals surface area contributed by atoms with Crippen LogP contribution in [-0.4, -0.2) is 12.8 Å². The summed E-state index contributed by atoms with van der Waals surface area (Å²) in [5, 5.41) is 2.06. The van der Waals surface area contributed by atoms with Crippen molar-refractivity contribution in [3.05, 3.63) is 20.8 Å². The van der Waals surface area contributed by atoms with Crippen LogP contribution in [0.2, 0.25) is 0 Å². The lowest BCUT2D eigenvalue weighted by atomic mass is 10.3. The third-order valence-electron chi connectivity index (χ3n) is 1.26. The van der Waals surface area contributed by atoms with Crippen molar-refractivity contribution in [3.8, 4) is 0 Å². The van der Waals surface area contributed by atoms with E-state index in [9.17, 15) is 0 Å². The summed E-state index contributed by atoms with van der Waals surface area (Å²) in [6, 6.07) is 2.08. The first-order valence-corrected chi connectivity index (χ1v) is 4.59. The maximum absolute atomic E-state index is 4.08. The maximum Gasteiger partial charge on any atom is 0.0489 e. The number of rotatable bonds is 1. The van der Waals surface area contributed by atoms with Gasteiger partial charge in [-0.2, -0.15) is 0 Å². The van der Waals surface area contributed by atoms with Crippen LogP contribution in [-0.2, 0) is 0 Å². The second-order valence-electron chi connectivity index (χ2n) is 1.94. The van der Waals surface area contributed by atoms with Gasteiger partial charge in [-0.15, -0.1) is 11.3 Å². The van der Waals surface area contributed by atoms with Gasteiger partial charge in [-0.1, -0.05) is 0 Å². The van der Waals surface area contributed by atoms with Gasteiger partial charge < -0.3 is 0 Å². The molecular weight excluding hydrogens is 210 g/mol. The molecule has 0 amide bonds. The molecular formula is C7H8BrNS. The van der Waals surface area contributed by atoms with Crippen LogP contribution < -0.4 is 0 Å². The summed E-state index contributed by atoms with van der Waals surface area (Å²) in [6.07, 6.45) is 0. The highest BCUT2D eigenvalue weighted by Crippen LogP contribution is 2.19. The fourth-order valence-electron chi connectivity index (χ4n) is 0.613. The Kier molecular flexibility index (Phi) is 2.63. The van der Waals surface area contributed by atoms with E-state index in [0.717, 1.165) is 10.2 Å². The molecule has 0 spiro atoms. The Balaban J connectivity index is 2.95. The standard InChI is InChI=1S/C7H8BrNS/c1-5(9-2)7-3-6(8)4-10-7/h3-4H,1-2H3/b9-5+. The second kappa shape index (κ2) is 3.30. The van der Waals surface area contributed by atoms with Crippen LogP contribution in [0.1, 0.15) is 11.8 Å². The Hall–Kier alpha value is -0.150. The van der Waals surface area contributed by atoms with Crippen LogP contribution in [0.15, 0.2) is 20.9 Å². The van der Waals surface area contributed by atoms with Crippen LogP contribution in [0, 0.1) is 0 Å². The average Bonchev–Trinajstić information content (AvgIpc) is 2.34. The van der Waals surface area contributed by atoms with Crippen molar-refractivity contribution in [1.82, 2.24) is 0 Å². The molecule has 1 aromatic heterocycles. The molecule has 54 valence electrons. The summed E-state index contributed by atoms with van der Waals surface area (Å²) in [6.45, 7) is 2.01. The first kappa shape index (κ1) is 7.95. The van der Waals surface area contributed by atoms with Gasteiger partial charge in [0, 0.05) is 27.5 Å². The molecule has 0 saturated heterocycles. The zero-order chi connectivity index (χ0) is 7.56. The number of aliphatic imine (C=N–C) groups is 1. The molecule has 0 aliphatic carbocycles. The molecule has 10 heavy (non-hydrogen) atoms. The van der Waals surface area contributed by atoms with E-state index in [0.29, 0.717) is 0 Å². The smallest absolute Gasteiger partial charge is 0.0489 e. The number of nitrogens with zero attached hydrogens (tertiary/aromatic N) is 1. The van der Waals surface area contributed by atoms with Gasteiger partial charge in [-0.25, -0.2) is 0 Å². The Labute approximate surface area is 72.9 Å². The van der Waals surface area contributed by atoms with Gasteiger partial charge in [-0.05, 0) is 28.9 Å². The summed E-state index contributed by atoms with van der Waals surface area (Å²) in [7, 11) is 1.81. The highest BCUT2D eigenvalue weighted by atomic mass is 79.9. The molecule has 0 atom stereocenters. The Morgan fingerprint density at radius 1 is 1.70 bits per heavy atom. The van der Waals surface area contributed by atoms with Crippen LogP contribution in [0.25, 0.3) is 0 Å². The molecule has 1 rings (SSSR count). The molecule has 0 aliphatic rings. The lowest BCUT2D eigenvalue weighted by molar-refractivity contribution is 1.42. The van der Waals surface area contributed by atoms with Gasteiger partial charge in [-0.3, -0.25) is 4.99 Å². The molecule has 0 N–H and O–H groups in total. The van der Waals surface area contributed by atoms with Crippen LogP contribution in [0.3, 0.4) is 0 Å². The van der Waals surface area contributed by atoms with Crippen molar-refractivity contribution in [2.45, 2.75) is 6.92 Å². The van der Waals surface area contributed by atoms with Gasteiger partial charge in [0.05, 0.1) is 0 Å². The van der Waals surface area contributed by atoms with Gasteiger partial charge in [0.25, 0.3) is 0 Å². The van der Waals surface area contributed by atoms with Crippen molar-refractivity contribution in [2.24, 2.45) is 4.99 Å². The predicted molar refractivity (Wildman–Crippen MR) is 50.2 cm³/mol. The van der Waals surface area contributed by atoms with Crippen molar-refractivity contribution in [2.75, 3.05) is 7.05 Å². The molecule has 0 unspecified atom stereocenters. The van der Waals surface area contributed by atoms with E-state index in [4.69, 9.17) is 0 Å². The molecule has 0 radical (unpaired) electrons. The third-order valence-corrected chi connectivity index (χ3v) is 3.06. The fraction of sp³-hybridized carbons (Fsp3) is 0.286. The second-order valence-corrected chi connectivity index (χ2v) is 3.77. The lowest BCUT2D eigenvalue weighted by Crippen LogP contribution is -1.87. The number of hydrogen-bond acceptors (Lipinski definition) is 2. The van der Waals surface area contributed by atoms with E-state index in [1.165, 1.54) is 4.88 Å². The normalized spacial score (nSPS) is 12.1. The summed E-state index contributed by atoms with van der Waals surface area (Å²) in [4.78, 5) is 5.31. The van der Waals surface area contributed by atoms with E-state index in [-0.39, 0.29) is 0 Å². The third kappa shape index (κ3) is 1.67. The number of hydrogen-bond donors (Lipinski definition) is 0. The molecule has 0 saturated carbocycles. The topological polar surface area (TPSA) is 12.4 Å². The average molecular weight is 218 g/mol. The van der Waals surface area contributed by atoms with Crippen molar-refractivity contribution >= 4 is 33.0 Å². The first-order valence-electron chi connectivity index (χ1n) is 2.92. The van der Waals surface area contributed by atoms with Gasteiger partial charge in [0.1, 0.15) is 0 Å². The number of halogens is 1. The van der Waals surface area contributed by atoms with Crippen molar-refractivity contribution in [3.63, 3.8) is 0 Å². The van der Waals surface area contributed by atoms with E-state index in [1.807, 2.05) is 14.0 Å². The van der Waals surface area contributed by atoms with Gasteiger partial charge in [0.15, 0.2) is 0 Å². The summed E-state index contributed by atoms with van der Waals surface area (Å²) in [5.74, 6) is 0. The highest BCUT2D eigenvalue weighted by Gasteiger charge is 1.98. The lowest BCUT2D eigenvalue weighted by Gasteiger charge is -1.89. The Morgan fingerprint density at radius 2 is 2.40 bits per heavy atom. The molecule has 3 heteroatoms.